The van der Waals surface area contributed by atoms with Gasteiger partial charge in [0.2, 0.25) is 0 Å². The summed E-state index contributed by atoms with van der Waals surface area (Å²) >= 11 is 0. The standard InChI is InChI=1S/C33H42N2O6Si/c1-33(2,3)42(4,5)41-21-24-18-17-23(20-36)35(24)19-11-10-16-30(31(37)38)34-32(39)40-22-29-27-14-8-6-12-25(27)26-13-7-9-15-28(26)29/h6-9,12-15,17-18,20,29-30H,10-11,16,19,21-22H2,1-5H3,(H,34,39)(H,37,38)/t30-/m0/s1. The number of hydrogen-bond donors (Lipinski definition) is 2. The molecule has 0 saturated carbocycles. The Kier molecular flexibility index (Phi) is 9.73. The molecule has 0 unspecified atom stereocenters. The quantitative estimate of drug-likeness (QED) is 0.126. The van der Waals surface area contributed by atoms with E-state index >= 15 is 0 Å². The molecule has 2 N–H and O–H groups in total. The van der Waals surface area contributed by atoms with Gasteiger partial charge in [0.05, 0.1) is 12.3 Å². The van der Waals surface area contributed by atoms with Crippen molar-refractivity contribution in [2.75, 3.05) is 6.61 Å². The number of carbonyl (C=O) groups is 3. The molecule has 0 saturated heterocycles. The van der Waals surface area contributed by atoms with Crippen LogP contribution in [-0.4, -0.2) is 49.0 Å². The number of aldehydes is 1. The summed E-state index contributed by atoms with van der Waals surface area (Å²) in [6.07, 6.45) is 1.50. The third-order valence-corrected chi connectivity index (χ3v) is 13.1. The molecular weight excluding hydrogens is 548 g/mol. The van der Waals surface area contributed by atoms with E-state index in [9.17, 15) is 19.5 Å². The van der Waals surface area contributed by atoms with Gasteiger partial charge < -0.3 is 24.2 Å². The molecule has 224 valence electrons. The predicted octanol–water partition coefficient (Wildman–Crippen LogP) is 6.98. The zero-order valence-electron chi connectivity index (χ0n) is 25.2. The summed E-state index contributed by atoms with van der Waals surface area (Å²) in [5.41, 5.74) is 5.93. The maximum Gasteiger partial charge on any atom is 0.407 e. The van der Waals surface area contributed by atoms with E-state index in [1.54, 1.807) is 6.07 Å². The number of benzene rings is 2. The SMILES string of the molecule is CC(C)(C)[Si](C)(C)OCc1ccc(C=O)n1CCCC[C@H](NC(=O)OCC1c2ccccc2-c2ccccc21)C(=O)O. The van der Waals surface area contributed by atoms with E-state index in [2.05, 4.69) is 51.3 Å². The van der Waals surface area contributed by atoms with Crippen LogP contribution in [0.2, 0.25) is 18.1 Å². The van der Waals surface area contributed by atoms with E-state index < -0.39 is 26.4 Å². The van der Waals surface area contributed by atoms with Crippen LogP contribution in [0.3, 0.4) is 0 Å². The van der Waals surface area contributed by atoms with Crippen molar-refractivity contribution in [3.63, 3.8) is 0 Å². The van der Waals surface area contributed by atoms with Gasteiger partial charge in [-0.2, -0.15) is 0 Å². The smallest absolute Gasteiger partial charge is 0.407 e. The van der Waals surface area contributed by atoms with Gasteiger partial charge in [-0.25, -0.2) is 9.59 Å². The van der Waals surface area contributed by atoms with Crippen molar-refractivity contribution in [2.45, 2.75) is 83.3 Å². The molecule has 1 aliphatic carbocycles. The molecule has 1 aromatic heterocycles. The van der Waals surface area contributed by atoms with Crippen molar-refractivity contribution in [3.8, 4) is 11.1 Å². The number of nitrogens with one attached hydrogen (secondary N) is 1. The molecule has 0 spiro atoms. The van der Waals surface area contributed by atoms with E-state index in [0.717, 1.165) is 34.2 Å². The maximum atomic E-state index is 12.7. The zero-order chi connectivity index (χ0) is 30.5. The summed E-state index contributed by atoms with van der Waals surface area (Å²) in [7, 11) is -1.96. The fourth-order valence-corrected chi connectivity index (χ4v) is 6.10. The predicted molar refractivity (Wildman–Crippen MR) is 165 cm³/mol. The Hall–Kier alpha value is -3.69. The van der Waals surface area contributed by atoms with Gasteiger partial charge >= 0.3 is 12.1 Å². The van der Waals surface area contributed by atoms with Gasteiger partial charge in [-0.1, -0.05) is 69.3 Å². The molecule has 3 aromatic rings. The summed E-state index contributed by atoms with van der Waals surface area (Å²) in [6.45, 7) is 12.0. The first kappa shape index (κ1) is 31.2. The Morgan fingerprint density at radius 2 is 1.62 bits per heavy atom. The van der Waals surface area contributed by atoms with Gasteiger partial charge in [-0.15, -0.1) is 0 Å². The van der Waals surface area contributed by atoms with Gasteiger partial charge in [0.25, 0.3) is 0 Å². The molecule has 42 heavy (non-hydrogen) atoms. The molecule has 0 fully saturated rings. The van der Waals surface area contributed by atoms with Crippen molar-refractivity contribution >= 4 is 26.7 Å². The highest BCUT2D eigenvalue weighted by atomic mass is 28.4. The second kappa shape index (κ2) is 13.1. The molecule has 0 bridgehead atoms. The van der Waals surface area contributed by atoms with Crippen LogP contribution in [0.4, 0.5) is 4.79 Å². The first-order valence-electron chi connectivity index (χ1n) is 14.5. The second-order valence-corrected chi connectivity index (χ2v) is 17.2. The number of rotatable bonds is 13. The first-order valence-corrected chi connectivity index (χ1v) is 17.5. The number of nitrogens with zero attached hydrogens (tertiary/aromatic N) is 1. The number of aliphatic carboxylic acids is 1. The third kappa shape index (κ3) is 7.02. The highest BCUT2D eigenvalue weighted by Crippen LogP contribution is 2.44. The van der Waals surface area contributed by atoms with Crippen LogP contribution in [0.15, 0.2) is 60.7 Å². The monoisotopic (exact) mass is 590 g/mol. The van der Waals surface area contributed by atoms with Crippen LogP contribution in [0.25, 0.3) is 11.1 Å². The lowest BCUT2D eigenvalue weighted by atomic mass is 9.98. The average molecular weight is 591 g/mol. The number of hydrogen-bond acceptors (Lipinski definition) is 5. The zero-order valence-corrected chi connectivity index (χ0v) is 26.2. The number of carboxylic acid groups (broad SMARTS) is 1. The Morgan fingerprint density at radius 1 is 1.00 bits per heavy atom. The number of amides is 1. The minimum Gasteiger partial charge on any atom is -0.480 e. The van der Waals surface area contributed by atoms with Gasteiger partial charge in [0.15, 0.2) is 14.6 Å². The van der Waals surface area contributed by atoms with Gasteiger partial charge in [0.1, 0.15) is 12.6 Å². The van der Waals surface area contributed by atoms with E-state index in [1.165, 1.54) is 0 Å². The summed E-state index contributed by atoms with van der Waals surface area (Å²) in [4.78, 5) is 36.2. The number of alkyl carbamates (subject to hydrolysis) is 1. The average Bonchev–Trinajstić information content (AvgIpc) is 3.49. The largest absolute Gasteiger partial charge is 0.480 e. The van der Waals surface area contributed by atoms with Crippen molar-refractivity contribution in [1.82, 2.24) is 9.88 Å². The Balaban J connectivity index is 1.29. The van der Waals surface area contributed by atoms with Gasteiger partial charge in [0, 0.05) is 18.2 Å². The first-order chi connectivity index (χ1) is 19.9. The Morgan fingerprint density at radius 3 is 2.19 bits per heavy atom. The minimum absolute atomic E-state index is 0.0734. The molecule has 9 heteroatoms. The molecule has 8 nitrogen and oxygen atoms in total. The lowest BCUT2D eigenvalue weighted by Gasteiger charge is -2.36. The second-order valence-electron chi connectivity index (χ2n) is 12.4. The molecule has 0 aliphatic heterocycles. The van der Waals surface area contributed by atoms with E-state index in [1.807, 2.05) is 47.0 Å². The van der Waals surface area contributed by atoms with Crippen LogP contribution in [-0.2, 0) is 27.1 Å². The molecule has 0 radical (unpaired) electrons. The lowest BCUT2D eigenvalue weighted by Crippen LogP contribution is -2.41. The van der Waals surface area contributed by atoms with Crippen molar-refractivity contribution < 1.29 is 28.7 Å². The summed E-state index contributed by atoms with van der Waals surface area (Å²) in [6, 6.07) is 18.7. The van der Waals surface area contributed by atoms with Crippen LogP contribution in [0.1, 0.15) is 73.3 Å². The highest BCUT2D eigenvalue weighted by Gasteiger charge is 2.37. The summed E-state index contributed by atoms with van der Waals surface area (Å²) in [5.74, 6) is -1.21. The Bertz CT molecular complexity index is 1380. The lowest BCUT2D eigenvalue weighted by molar-refractivity contribution is -0.139. The fraction of sp³-hybridized carbons (Fsp3) is 0.424. The van der Waals surface area contributed by atoms with Gasteiger partial charge in [-0.3, -0.25) is 4.79 Å². The van der Waals surface area contributed by atoms with Crippen LogP contribution >= 0.6 is 0 Å². The summed E-state index contributed by atoms with van der Waals surface area (Å²) in [5, 5.41) is 12.4. The molecule has 1 amide bonds. The number of carboxylic acids is 1. The number of fused-ring (bicyclic) bond motifs is 3. The molecule has 1 heterocycles. The van der Waals surface area contributed by atoms with Crippen LogP contribution in [0.5, 0.6) is 0 Å². The summed E-state index contributed by atoms with van der Waals surface area (Å²) < 4.78 is 13.8. The van der Waals surface area contributed by atoms with E-state index in [0.29, 0.717) is 31.7 Å². The highest BCUT2D eigenvalue weighted by molar-refractivity contribution is 6.74. The van der Waals surface area contributed by atoms with Crippen molar-refractivity contribution in [3.05, 3.63) is 83.2 Å². The van der Waals surface area contributed by atoms with E-state index in [-0.39, 0.29) is 24.0 Å². The van der Waals surface area contributed by atoms with E-state index in [4.69, 9.17) is 9.16 Å². The third-order valence-electron chi connectivity index (χ3n) is 8.67. The van der Waals surface area contributed by atoms with Crippen LogP contribution in [0, 0.1) is 0 Å². The molecule has 1 atom stereocenters. The Labute approximate surface area is 249 Å². The number of carbonyl (C=O) groups excluding carboxylic acids is 2. The molecule has 1 aliphatic rings. The fourth-order valence-electron chi connectivity index (χ4n) is 5.16. The van der Waals surface area contributed by atoms with Gasteiger partial charge in [-0.05, 0) is 71.8 Å². The maximum absolute atomic E-state index is 12.7. The molecular formula is C33H42N2O6Si. The molecule has 2 aromatic carbocycles. The number of aromatic nitrogens is 1. The normalized spacial score (nSPS) is 13.7. The number of ether oxygens (including phenoxy) is 1. The van der Waals surface area contributed by atoms with Crippen LogP contribution < -0.4 is 5.32 Å². The molecule has 4 rings (SSSR count). The van der Waals surface area contributed by atoms with Crippen molar-refractivity contribution in [2.24, 2.45) is 0 Å². The minimum atomic E-state index is -1.96. The number of unbranched alkanes of at least 4 members (excludes halogenated alkanes) is 1. The van der Waals surface area contributed by atoms with Crippen molar-refractivity contribution in [1.29, 1.82) is 0 Å². The topological polar surface area (TPSA) is 107 Å².